The fourth-order valence-electron chi connectivity index (χ4n) is 2.69. The molecule has 17 heavy (non-hydrogen) atoms. The van der Waals surface area contributed by atoms with Gasteiger partial charge in [0, 0.05) is 12.1 Å². The first-order valence-electron chi connectivity index (χ1n) is 5.91. The maximum atomic E-state index is 13.2. The minimum Gasteiger partial charge on any atom is -0.324 e. The van der Waals surface area contributed by atoms with E-state index in [0.29, 0.717) is 17.4 Å². The number of alkyl halides is 1. The molecule has 0 aliphatic heterocycles. The Labute approximate surface area is 104 Å². The second kappa shape index (κ2) is 3.98. The Morgan fingerprint density at radius 2 is 2.24 bits per heavy atom. The number of imidazole rings is 1. The highest BCUT2D eigenvalue weighted by molar-refractivity contribution is 6.16. The van der Waals surface area contributed by atoms with E-state index in [-0.39, 0.29) is 5.82 Å². The summed E-state index contributed by atoms with van der Waals surface area (Å²) in [4.78, 5) is 4.41. The highest BCUT2D eigenvalue weighted by Crippen LogP contribution is 2.40. The monoisotopic (exact) mass is 252 g/mol. The Bertz CT molecular complexity index is 558. The average Bonchev–Trinajstić information content (AvgIpc) is 2.62. The molecule has 1 fully saturated rings. The van der Waals surface area contributed by atoms with E-state index in [1.54, 1.807) is 6.07 Å². The second-order valence-corrected chi connectivity index (χ2v) is 5.16. The van der Waals surface area contributed by atoms with Crippen LogP contribution in [0.2, 0.25) is 0 Å². The van der Waals surface area contributed by atoms with E-state index in [0.717, 1.165) is 30.1 Å². The summed E-state index contributed by atoms with van der Waals surface area (Å²) in [7, 11) is 0. The summed E-state index contributed by atoms with van der Waals surface area (Å²) >= 11 is 5.93. The standard InChI is InChI=1S/C13H14ClFN2/c1-8-4-10(5-8)17-12-3-2-9(15)6-11(12)16-13(17)7-14/h2-3,6,8,10H,4-5,7H2,1H3. The van der Waals surface area contributed by atoms with Crippen molar-refractivity contribution in [1.29, 1.82) is 0 Å². The second-order valence-electron chi connectivity index (χ2n) is 4.90. The summed E-state index contributed by atoms with van der Waals surface area (Å²) in [5, 5.41) is 0. The van der Waals surface area contributed by atoms with Gasteiger partial charge in [-0.3, -0.25) is 0 Å². The summed E-state index contributed by atoms with van der Waals surface area (Å²) in [5.41, 5.74) is 1.71. The molecule has 0 atom stereocenters. The van der Waals surface area contributed by atoms with Gasteiger partial charge >= 0.3 is 0 Å². The average molecular weight is 253 g/mol. The maximum absolute atomic E-state index is 13.2. The van der Waals surface area contributed by atoms with Crippen LogP contribution in [0.3, 0.4) is 0 Å². The molecule has 2 nitrogen and oxygen atoms in total. The van der Waals surface area contributed by atoms with E-state index >= 15 is 0 Å². The van der Waals surface area contributed by atoms with Gasteiger partial charge in [0.2, 0.25) is 0 Å². The van der Waals surface area contributed by atoms with Crippen molar-refractivity contribution in [2.24, 2.45) is 5.92 Å². The van der Waals surface area contributed by atoms with Gasteiger partial charge in [0.05, 0.1) is 16.9 Å². The molecule has 0 N–H and O–H groups in total. The molecule has 3 rings (SSSR count). The van der Waals surface area contributed by atoms with Gasteiger partial charge in [-0.1, -0.05) is 6.92 Å². The lowest BCUT2D eigenvalue weighted by atomic mass is 9.81. The van der Waals surface area contributed by atoms with Crippen LogP contribution in [0.4, 0.5) is 4.39 Å². The third-order valence-electron chi connectivity index (χ3n) is 3.56. The Morgan fingerprint density at radius 3 is 2.88 bits per heavy atom. The van der Waals surface area contributed by atoms with Crippen LogP contribution in [0.15, 0.2) is 18.2 Å². The summed E-state index contributed by atoms with van der Waals surface area (Å²) < 4.78 is 15.3. The van der Waals surface area contributed by atoms with Gasteiger partial charge in [-0.25, -0.2) is 9.37 Å². The SMILES string of the molecule is CC1CC(n2c(CCl)nc3cc(F)ccc32)C1. The summed E-state index contributed by atoms with van der Waals surface area (Å²) in [6.45, 7) is 2.25. The molecule has 1 aromatic carbocycles. The predicted octanol–water partition coefficient (Wildman–Crippen LogP) is 3.89. The van der Waals surface area contributed by atoms with E-state index in [1.807, 2.05) is 0 Å². The lowest BCUT2D eigenvalue weighted by molar-refractivity contribution is 0.217. The fraction of sp³-hybridized carbons (Fsp3) is 0.462. The number of rotatable bonds is 2. The molecule has 4 heteroatoms. The minimum atomic E-state index is -0.245. The van der Waals surface area contributed by atoms with E-state index in [1.165, 1.54) is 12.1 Å². The van der Waals surface area contributed by atoms with Crippen molar-refractivity contribution < 1.29 is 4.39 Å². The Kier molecular flexibility index (Phi) is 2.58. The van der Waals surface area contributed by atoms with E-state index in [2.05, 4.69) is 16.5 Å². The molecule has 1 saturated carbocycles. The zero-order valence-electron chi connectivity index (χ0n) is 9.66. The van der Waals surface area contributed by atoms with Gasteiger partial charge in [0.15, 0.2) is 0 Å². The Morgan fingerprint density at radius 1 is 1.47 bits per heavy atom. The number of halogens is 2. The van der Waals surface area contributed by atoms with Crippen molar-refractivity contribution >= 4 is 22.6 Å². The van der Waals surface area contributed by atoms with Gasteiger partial charge in [0.25, 0.3) is 0 Å². The smallest absolute Gasteiger partial charge is 0.125 e. The van der Waals surface area contributed by atoms with Crippen LogP contribution in [0.25, 0.3) is 11.0 Å². The molecule has 0 radical (unpaired) electrons. The highest BCUT2D eigenvalue weighted by atomic mass is 35.5. The van der Waals surface area contributed by atoms with Crippen LogP contribution in [-0.2, 0) is 5.88 Å². The van der Waals surface area contributed by atoms with Crippen LogP contribution in [0, 0.1) is 11.7 Å². The zero-order chi connectivity index (χ0) is 12.0. The maximum Gasteiger partial charge on any atom is 0.125 e. The molecule has 1 aliphatic rings. The number of aromatic nitrogens is 2. The molecule has 0 spiro atoms. The first-order valence-corrected chi connectivity index (χ1v) is 6.45. The summed E-state index contributed by atoms with van der Waals surface area (Å²) in [6.07, 6.45) is 2.32. The molecule has 0 bridgehead atoms. The number of fused-ring (bicyclic) bond motifs is 1. The van der Waals surface area contributed by atoms with Gasteiger partial charge in [-0.15, -0.1) is 11.6 Å². The molecule has 1 heterocycles. The van der Waals surface area contributed by atoms with Crippen molar-refractivity contribution in [3.8, 4) is 0 Å². The molecular weight excluding hydrogens is 239 g/mol. The predicted molar refractivity (Wildman–Crippen MR) is 66.7 cm³/mol. The van der Waals surface area contributed by atoms with Gasteiger partial charge < -0.3 is 4.57 Å². The van der Waals surface area contributed by atoms with Crippen LogP contribution >= 0.6 is 11.6 Å². The molecule has 1 aromatic heterocycles. The Hall–Kier alpha value is -1.09. The van der Waals surface area contributed by atoms with Crippen molar-refractivity contribution in [1.82, 2.24) is 9.55 Å². The molecule has 2 aromatic rings. The van der Waals surface area contributed by atoms with Gasteiger partial charge in [-0.05, 0) is 30.9 Å². The Balaban J connectivity index is 2.13. The fourth-order valence-corrected chi connectivity index (χ4v) is 2.88. The summed E-state index contributed by atoms with van der Waals surface area (Å²) in [5.74, 6) is 1.75. The van der Waals surface area contributed by atoms with Crippen LogP contribution in [0.1, 0.15) is 31.6 Å². The van der Waals surface area contributed by atoms with Gasteiger partial charge in [-0.2, -0.15) is 0 Å². The first-order chi connectivity index (χ1) is 8.19. The van der Waals surface area contributed by atoms with Crippen molar-refractivity contribution in [3.63, 3.8) is 0 Å². The number of hydrogen-bond acceptors (Lipinski definition) is 1. The zero-order valence-corrected chi connectivity index (χ0v) is 10.4. The lowest BCUT2D eigenvalue weighted by Crippen LogP contribution is -2.25. The molecule has 0 amide bonds. The largest absolute Gasteiger partial charge is 0.324 e. The molecule has 90 valence electrons. The third-order valence-corrected chi connectivity index (χ3v) is 3.80. The van der Waals surface area contributed by atoms with E-state index in [9.17, 15) is 4.39 Å². The van der Waals surface area contributed by atoms with E-state index < -0.39 is 0 Å². The first kappa shape index (κ1) is 11.0. The van der Waals surface area contributed by atoms with Crippen molar-refractivity contribution in [2.75, 3.05) is 0 Å². The quantitative estimate of drug-likeness (QED) is 0.742. The molecule has 1 aliphatic carbocycles. The minimum absolute atomic E-state index is 0.245. The topological polar surface area (TPSA) is 17.8 Å². The normalized spacial score (nSPS) is 23.9. The lowest BCUT2D eigenvalue weighted by Gasteiger charge is -2.35. The van der Waals surface area contributed by atoms with E-state index in [4.69, 9.17) is 11.6 Å². The highest BCUT2D eigenvalue weighted by Gasteiger charge is 2.29. The summed E-state index contributed by atoms with van der Waals surface area (Å²) in [6, 6.07) is 5.25. The third kappa shape index (κ3) is 1.73. The molecule has 0 saturated heterocycles. The van der Waals surface area contributed by atoms with Crippen LogP contribution in [0.5, 0.6) is 0 Å². The van der Waals surface area contributed by atoms with Crippen LogP contribution in [-0.4, -0.2) is 9.55 Å². The van der Waals surface area contributed by atoms with Crippen molar-refractivity contribution in [3.05, 3.63) is 29.8 Å². The van der Waals surface area contributed by atoms with Crippen LogP contribution < -0.4 is 0 Å². The van der Waals surface area contributed by atoms with Crippen molar-refractivity contribution in [2.45, 2.75) is 31.7 Å². The number of hydrogen-bond donors (Lipinski definition) is 0. The molecular formula is C13H14ClFN2. The number of nitrogens with zero attached hydrogens (tertiary/aromatic N) is 2. The number of benzene rings is 1. The van der Waals surface area contributed by atoms with Gasteiger partial charge in [0.1, 0.15) is 11.6 Å². The molecule has 0 unspecified atom stereocenters.